The van der Waals surface area contributed by atoms with Gasteiger partial charge in [-0.1, -0.05) is 30.3 Å². The molecule has 4 bridgehead atoms. The average molecular weight is 236 g/mol. The first-order valence-corrected chi connectivity index (χ1v) is 7.66. The highest BCUT2D eigenvalue weighted by atomic mass is 16.5. The maximum Gasteiger partial charge on any atom is 0.100 e. The minimum Gasteiger partial charge on any atom is -0.366 e. The van der Waals surface area contributed by atoms with E-state index in [2.05, 4.69) is 30.3 Å². The van der Waals surface area contributed by atoms with Gasteiger partial charge in [0.25, 0.3) is 0 Å². The summed E-state index contributed by atoms with van der Waals surface area (Å²) in [4.78, 5) is 0. The number of hydrogen-bond acceptors (Lipinski definition) is 1. The zero-order chi connectivity index (χ0) is 11.2. The zero-order valence-corrected chi connectivity index (χ0v) is 10.2. The molecular weight excluding hydrogens is 220 g/mol. The van der Waals surface area contributed by atoms with Gasteiger partial charge in [-0.3, -0.25) is 0 Å². The van der Waals surface area contributed by atoms with Gasteiger partial charge in [-0.25, -0.2) is 0 Å². The summed E-state index contributed by atoms with van der Waals surface area (Å²) in [6.07, 6.45) is 2.23. The summed E-state index contributed by atoms with van der Waals surface area (Å²) in [5.41, 5.74) is 1.70. The second kappa shape index (κ2) is 2.10. The van der Waals surface area contributed by atoms with Crippen LogP contribution in [-0.2, 0) is 10.3 Å². The van der Waals surface area contributed by atoms with E-state index in [9.17, 15) is 0 Å². The molecule has 0 radical (unpaired) electrons. The fraction of sp³-hybridized carbons (Fsp3) is 0.647. The Balaban J connectivity index is 1.58. The molecule has 7 aliphatic rings. The van der Waals surface area contributed by atoms with Crippen LogP contribution in [-0.4, -0.2) is 6.10 Å². The quantitative estimate of drug-likeness (QED) is 0.728. The molecule has 2 saturated heterocycles. The smallest absolute Gasteiger partial charge is 0.100 e. The van der Waals surface area contributed by atoms with Crippen molar-refractivity contribution in [2.75, 3.05) is 0 Å². The van der Waals surface area contributed by atoms with Gasteiger partial charge in [0.05, 0.1) is 6.10 Å². The SMILES string of the molecule is c1ccc([C@@]23O[C@@H]4[C@@H]5[C@@H]6[C@@H]7C[C@@H]([C@H]6[C@@H]52)[C@H]3[C@@H]74)cc1. The summed E-state index contributed by atoms with van der Waals surface area (Å²) in [5.74, 6) is 8.01. The van der Waals surface area contributed by atoms with E-state index in [1.165, 1.54) is 5.56 Å². The first-order valence-electron chi connectivity index (χ1n) is 7.66. The van der Waals surface area contributed by atoms with E-state index in [1.807, 2.05) is 0 Å². The molecule has 1 heteroatoms. The van der Waals surface area contributed by atoms with E-state index in [0.717, 1.165) is 47.3 Å². The fourth-order valence-corrected chi connectivity index (χ4v) is 8.17. The van der Waals surface area contributed by atoms with Crippen LogP contribution in [0.25, 0.3) is 0 Å². The van der Waals surface area contributed by atoms with Gasteiger partial charge in [-0.2, -0.15) is 0 Å². The molecular formula is C17H16O. The number of hydrogen-bond donors (Lipinski definition) is 0. The Morgan fingerprint density at radius 2 is 1.78 bits per heavy atom. The minimum atomic E-state index is 0.179. The molecule has 0 aromatic heterocycles. The Kier molecular flexibility index (Phi) is 0.975. The number of rotatable bonds is 1. The van der Waals surface area contributed by atoms with Crippen molar-refractivity contribution < 1.29 is 4.74 Å². The van der Waals surface area contributed by atoms with Gasteiger partial charge >= 0.3 is 0 Å². The highest BCUT2D eigenvalue weighted by Gasteiger charge is 2.92. The van der Waals surface area contributed by atoms with Gasteiger partial charge in [0.2, 0.25) is 0 Å². The van der Waals surface area contributed by atoms with Crippen molar-refractivity contribution in [2.45, 2.75) is 18.1 Å². The molecule has 0 amide bonds. The van der Waals surface area contributed by atoms with Crippen LogP contribution in [0.1, 0.15) is 12.0 Å². The highest BCUT2D eigenvalue weighted by Crippen LogP contribution is 2.92. The van der Waals surface area contributed by atoms with Crippen LogP contribution < -0.4 is 0 Å². The van der Waals surface area contributed by atoms with Crippen molar-refractivity contribution in [1.82, 2.24) is 0 Å². The molecule has 18 heavy (non-hydrogen) atoms. The molecule has 2 heterocycles. The monoisotopic (exact) mass is 236 g/mol. The average Bonchev–Trinajstić information content (AvgIpc) is 3.01. The molecule has 5 saturated carbocycles. The maximum absolute atomic E-state index is 6.74. The lowest BCUT2D eigenvalue weighted by molar-refractivity contribution is -0.0356. The Hall–Kier alpha value is -0.820. The molecule has 5 aliphatic carbocycles. The molecule has 7 fully saturated rings. The molecule has 0 spiro atoms. The van der Waals surface area contributed by atoms with Crippen LogP contribution >= 0.6 is 0 Å². The maximum atomic E-state index is 6.74. The van der Waals surface area contributed by atoms with E-state index >= 15 is 0 Å². The normalized spacial score (nSPS) is 70.6. The predicted molar refractivity (Wildman–Crippen MR) is 65.5 cm³/mol. The lowest BCUT2D eigenvalue weighted by Gasteiger charge is -2.46. The van der Waals surface area contributed by atoms with Crippen LogP contribution in [0, 0.1) is 47.3 Å². The fourth-order valence-electron chi connectivity index (χ4n) is 8.17. The van der Waals surface area contributed by atoms with Gasteiger partial charge in [-0.15, -0.1) is 0 Å². The summed E-state index contributed by atoms with van der Waals surface area (Å²) in [7, 11) is 0. The molecule has 0 N–H and O–H groups in total. The van der Waals surface area contributed by atoms with Crippen molar-refractivity contribution in [1.29, 1.82) is 0 Å². The van der Waals surface area contributed by atoms with E-state index < -0.39 is 0 Å². The zero-order valence-electron chi connectivity index (χ0n) is 10.2. The van der Waals surface area contributed by atoms with Crippen molar-refractivity contribution in [3.05, 3.63) is 35.9 Å². The lowest BCUT2D eigenvalue weighted by atomic mass is 9.56. The van der Waals surface area contributed by atoms with E-state index in [4.69, 9.17) is 4.74 Å². The standard InChI is InChI=1S/C17H16O/c1-2-4-7(5-3-1)17-14-9-6-8-10-11(9)15(17)13(10)16(18-17)12(8)14/h1-5,8-16H,6H2/t8-,9-,10+,11+,12+,13+,14-,15-,16-,17-/m0/s1. The van der Waals surface area contributed by atoms with Gasteiger partial charge in [0.15, 0.2) is 0 Å². The Morgan fingerprint density at radius 1 is 0.889 bits per heavy atom. The molecule has 8 rings (SSSR count). The summed E-state index contributed by atoms with van der Waals surface area (Å²) >= 11 is 0. The summed E-state index contributed by atoms with van der Waals surface area (Å²) in [6.45, 7) is 0. The van der Waals surface area contributed by atoms with Crippen molar-refractivity contribution >= 4 is 0 Å². The van der Waals surface area contributed by atoms with Crippen LogP contribution in [0.4, 0.5) is 0 Å². The van der Waals surface area contributed by atoms with Crippen molar-refractivity contribution in [3.63, 3.8) is 0 Å². The summed E-state index contributed by atoms with van der Waals surface area (Å²) in [6, 6.07) is 11.2. The predicted octanol–water partition coefficient (Wildman–Crippen LogP) is 2.67. The first-order chi connectivity index (χ1) is 8.93. The Morgan fingerprint density at radius 3 is 2.67 bits per heavy atom. The minimum absolute atomic E-state index is 0.179. The van der Waals surface area contributed by atoms with Gasteiger partial charge < -0.3 is 4.74 Å². The Bertz CT molecular complexity index is 585. The molecule has 10 atom stereocenters. The van der Waals surface area contributed by atoms with Gasteiger partial charge in [0, 0.05) is 11.8 Å². The Labute approximate surface area is 107 Å². The highest BCUT2D eigenvalue weighted by molar-refractivity contribution is 5.44. The van der Waals surface area contributed by atoms with Gasteiger partial charge in [-0.05, 0) is 47.5 Å². The largest absolute Gasteiger partial charge is 0.366 e. The third-order valence-electron chi connectivity index (χ3n) is 7.93. The second-order valence-corrected chi connectivity index (χ2v) is 7.67. The number of benzene rings is 1. The van der Waals surface area contributed by atoms with Crippen LogP contribution in [0.2, 0.25) is 0 Å². The molecule has 90 valence electrons. The molecule has 0 unspecified atom stereocenters. The van der Waals surface area contributed by atoms with Crippen molar-refractivity contribution in [3.8, 4) is 0 Å². The summed E-state index contributed by atoms with van der Waals surface area (Å²) < 4.78 is 6.74. The molecule has 1 aromatic carbocycles. The van der Waals surface area contributed by atoms with Gasteiger partial charge in [0.1, 0.15) is 5.60 Å². The molecule has 2 aliphatic heterocycles. The van der Waals surface area contributed by atoms with Crippen LogP contribution in [0.15, 0.2) is 30.3 Å². The van der Waals surface area contributed by atoms with Crippen LogP contribution in [0.5, 0.6) is 0 Å². The topological polar surface area (TPSA) is 9.23 Å². The second-order valence-electron chi connectivity index (χ2n) is 7.67. The third-order valence-corrected chi connectivity index (χ3v) is 7.93. The third kappa shape index (κ3) is 0.499. The first kappa shape index (κ1) is 8.37. The van der Waals surface area contributed by atoms with E-state index in [1.54, 1.807) is 6.42 Å². The molecule has 1 aromatic rings. The molecule has 1 nitrogen and oxygen atoms in total. The summed E-state index contributed by atoms with van der Waals surface area (Å²) in [5, 5.41) is 0. The van der Waals surface area contributed by atoms with E-state index in [0.29, 0.717) is 6.10 Å². The van der Waals surface area contributed by atoms with Crippen LogP contribution in [0.3, 0.4) is 0 Å². The lowest BCUT2D eigenvalue weighted by Crippen LogP contribution is -2.47. The van der Waals surface area contributed by atoms with Crippen molar-refractivity contribution in [2.24, 2.45) is 47.3 Å². The number of ether oxygens (including phenoxy) is 1. The van der Waals surface area contributed by atoms with E-state index in [-0.39, 0.29) is 5.60 Å².